The number of benzene rings is 1. The number of rotatable bonds is 3. The maximum Gasteiger partial charge on any atom is 0.289 e. The van der Waals surface area contributed by atoms with Crippen LogP contribution >= 0.6 is 15.9 Å². The van der Waals surface area contributed by atoms with Gasteiger partial charge in [0.05, 0.1) is 0 Å². The molecule has 23 heavy (non-hydrogen) atoms. The lowest BCUT2D eigenvalue weighted by molar-refractivity contribution is 0.0602. The predicted molar refractivity (Wildman–Crippen MR) is 93.7 cm³/mol. The summed E-state index contributed by atoms with van der Waals surface area (Å²) in [7, 11) is 0. The van der Waals surface area contributed by atoms with Crippen LogP contribution in [0, 0.1) is 12.8 Å². The zero-order valence-corrected chi connectivity index (χ0v) is 14.9. The number of fused-ring (bicyclic) bond motifs is 1. The van der Waals surface area contributed by atoms with Crippen LogP contribution in [0.3, 0.4) is 0 Å². The summed E-state index contributed by atoms with van der Waals surface area (Å²) in [6.45, 7) is 6.73. The number of hydrogen-bond acceptors (Lipinski definition) is 3. The molecule has 2 aliphatic rings. The van der Waals surface area contributed by atoms with E-state index in [9.17, 15) is 4.79 Å². The Kier molecular flexibility index (Phi) is 3.93. The molecule has 0 N–H and O–H groups in total. The Bertz CT molecular complexity index is 743. The van der Waals surface area contributed by atoms with Crippen LogP contribution in [0.1, 0.15) is 29.0 Å². The number of furan rings is 1. The minimum Gasteiger partial charge on any atom is -0.451 e. The van der Waals surface area contributed by atoms with Gasteiger partial charge in [-0.15, -0.1) is 0 Å². The van der Waals surface area contributed by atoms with E-state index < -0.39 is 0 Å². The van der Waals surface area contributed by atoms with E-state index in [0.717, 1.165) is 53.1 Å². The van der Waals surface area contributed by atoms with Crippen LogP contribution < -0.4 is 0 Å². The summed E-state index contributed by atoms with van der Waals surface area (Å²) in [5, 5.41) is 1.01. The van der Waals surface area contributed by atoms with Crippen LogP contribution in [-0.2, 0) is 0 Å². The van der Waals surface area contributed by atoms with Gasteiger partial charge in [0.2, 0.25) is 0 Å². The van der Waals surface area contributed by atoms with Gasteiger partial charge in [-0.05, 0) is 43.9 Å². The number of piperazine rings is 1. The highest BCUT2D eigenvalue weighted by atomic mass is 79.9. The van der Waals surface area contributed by atoms with Crippen LogP contribution in [0.15, 0.2) is 27.1 Å². The second kappa shape index (κ2) is 5.95. The third-order valence-corrected chi connectivity index (χ3v) is 5.46. The van der Waals surface area contributed by atoms with Crippen LogP contribution in [0.25, 0.3) is 11.0 Å². The molecule has 2 heterocycles. The highest BCUT2D eigenvalue weighted by Crippen LogP contribution is 2.31. The maximum atomic E-state index is 12.8. The largest absolute Gasteiger partial charge is 0.451 e. The van der Waals surface area contributed by atoms with Gasteiger partial charge in [0, 0.05) is 48.1 Å². The average Bonchev–Trinajstić information content (AvgIpc) is 3.31. The first kappa shape index (κ1) is 15.2. The first-order valence-corrected chi connectivity index (χ1v) is 9.11. The standard InChI is InChI=1S/C18H21BrN2O2/c1-12-15-10-14(19)4-5-16(15)23-17(12)18(22)21-8-6-20(7-9-21)11-13-2-3-13/h4-5,10,13H,2-3,6-9,11H2,1H3. The normalized spacial score (nSPS) is 19.5. The van der Waals surface area contributed by atoms with Gasteiger partial charge in [-0.25, -0.2) is 0 Å². The fourth-order valence-electron chi connectivity index (χ4n) is 3.34. The number of aryl methyl sites for hydroxylation is 1. The molecule has 4 nitrogen and oxygen atoms in total. The molecule has 0 spiro atoms. The van der Waals surface area contributed by atoms with E-state index in [-0.39, 0.29) is 5.91 Å². The Morgan fingerprint density at radius 3 is 2.70 bits per heavy atom. The number of carbonyl (C=O) groups excluding carboxylic acids is 1. The summed E-state index contributed by atoms with van der Waals surface area (Å²) in [4.78, 5) is 17.2. The number of hydrogen-bond donors (Lipinski definition) is 0. The van der Waals surface area contributed by atoms with Crippen LogP contribution in [-0.4, -0.2) is 48.4 Å². The molecule has 1 aromatic heterocycles. The molecule has 5 heteroatoms. The van der Waals surface area contributed by atoms with Crippen molar-refractivity contribution in [3.63, 3.8) is 0 Å². The Hall–Kier alpha value is -1.33. The quantitative estimate of drug-likeness (QED) is 0.819. The lowest BCUT2D eigenvalue weighted by Gasteiger charge is -2.34. The highest BCUT2D eigenvalue weighted by molar-refractivity contribution is 9.10. The van der Waals surface area contributed by atoms with Gasteiger partial charge in [-0.3, -0.25) is 9.69 Å². The minimum atomic E-state index is 0.0286. The van der Waals surface area contributed by atoms with E-state index in [2.05, 4.69) is 20.8 Å². The lowest BCUT2D eigenvalue weighted by Crippen LogP contribution is -2.49. The van der Waals surface area contributed by atoms with E-state index in [1.807, 2.05) is 30.0 Å². The molecule has 1 saturated heterocycles. The smallest absolute Gasteiger partial charge is 0.289 e. The predicted octanol–water partition coefficient (Wildman–Crippen LogP) is 3.67. The molecule has 0 atom stereocenters. The van der Waals surface area contributed by atoms with E-state index in [1.165, 1.54) is 19.4 Å². The Morgan fingerprint density at radius 1 is 1.26 bits per heavy atom. The SMILES string of the molecule is Cc1c(C(=O)N2CCN(CC3CC3)CC2)oc2ccc(Br)cc12. The molecule has 0 radical (unpaired) electrons. The van der Waals surface area contributed by atoms with Crippen molar-refractivity contribution in [1.82, 2.24) is 9.80 Å². The number of carbonyl (C=O) groups is 1. The Morgan fingerprint density at radius 2 is 2.00 bits per heavy atom. The second-order valence-electron chi connectivity index (χ2n) is 6.73. The topological polar surface area (TPSA) is 36.7 Å². The number of nitrogens with zero attached hydrogens (tertiary/aromatic N) is 2. The summed E-state index contributed by atoms with van der Waals surface area (Å²) < 4.78 is 6.85. The maximum absolute atomic E-state index is 12.8. The summed E-state index contributed by atoms with van der Waals surface area (Å²) in [6, 6.07) is 5.87. The lowest BCUT2D eigenvalue weighted by atomic mass is 10.1. The molecule has 1 aromatic carbocycles. The van der Waals surface area contributed by atoms with Crippen molar-refractivity contribution in [3.05, 3.63) is 34.0 Å². The molecule has 1 amide bonds. The van der Waals surface area contributed by atoms with E-state index in [1.54, 1.807) is 0 Å². The molecule has 2 fully saturated rings. The fourth-order valence-corrected chi connectivity index (χ4v) is 3.70. The Balaban J connectivity index is 1.49. The Labute approximate surface area is 144 Å². The van der Waals surface area contributed by atoms with Gasteiger partial charge >= 0.3 is 0 Å². The molecule has 0 bridgehead atoms. The van der Waals surface area contributed by atoms with Gasteiger partial charge in [0.1, 0.15) is 5.58 Å². The molecule has 4 rings (SSSR count). The fraction of sp³-hybridized carbons (Fsp3) is 0.500. The summed E-state index contributed by atoms with van der Waals surface area (Å²) in [6.07, 6.45) is 2.76. The summed E-state index contributed by atoms with van der Waals surface area (Å²) >= 11 is 3.48. The van der Waals surface area contributed by atoms with Gasteiger partial charge in [0.25, 0.3) is 5.91 Å². The van der Waals surface area contributed by atoms with Crippen molar-refractivity contribution < 1.29 is 9.21 Å². The third-order valence-electron chi connectivity index (χ3n) is 4.97. The van der Waals surface area contributed by atoms with Gasteiger partial charge in [-0.1, -0.05) is 15.9 Å². The summed E-state index contributed by atoms with van der Waals surface area (Å²) in [5.41, 5.74) is 1.72. The average molecular weight is 377 g/mol. The number of halogens is 1. The third kappa shape index (κ3) is 3.04. The van der Waals surface area contributed by atoms with Crippen molar-refractivity contribution >= 4 is 32.8 Å². The van der Waals surface area contributed by atoms with Crippen molar-refractivity contribution in [2.24, 2.45) is 5.92 Å². The van der Waals surface area contributed by atoms with E-state index in [4.69, 9.17) is 4.42 Å². The van der Waals surface area contributed by atoms with Crippen molar-refractivity contribution in [3.8, 4) is 0 Å². The van der Waals surface area contributed by atoms with Crippen molar-refractivity contribution in [2.75, 3.05) is 32.7 Å². The molecule has 2 aromatic rings. The highest BCUT2D eigenvalue weighted by Gasteiger charge is 2.29. The molecule has 122 valence electrons. The molecular formula is C18H21BrN2O2. The first-order valence-electron chi connectivity index (χ1n) is 8.32. The zero-order chi connectivity index (χ0) is 16.0. The second-order valence-corrected chi connectivity index (χ2v) is 7.65. The van der Waals surface area contributed by atoms with Gasteiger partial charge in [-0.2, -0.15) is 0 Å². The molecule has 0 unspecified atom stereocenters. The van der Waals surface area contributed by atoms with Crippen LogP contribution in [0.4, 0.5) is 0 Å². The molecule has 1 aliphatic carbocycles. The first-order chi connectivity index (χ1) is 11.1. The van der Waals surface area contributed by atoms with E-state index >= 15 is 0 Å². The molecule has 1 aliphatic heterocycles. The van der Waals surface area contributed by atoms with Gasteiger partial charge < -0.3 is 9.32 Å². The van der Waals surface area contributed by atoms with Gasteiger partial charge in [0.15, 0.2) is 5.76 Å². The zero-order valence-electron chi connectivity index (χ0n) is 13.3. The minimum absolute atomic E-state index is 0.0286. The monoisotopic (exact) mass is 376 g/mol. The van der Waals surface area contributed by atoms with Crippen LogP contribution in [0.5, 0.6) is 0 Å². The summed E-state index contributed by atoms with van der Waals surface area (Å²) in [5.74, 6) is 1.43. The molecule has 1 saturated carbocycles. The van der Waals surface area contributed by atoms with Crippen molar-refractivity contribution in [1.29, 1.82) is 0 Å². The van der Waals surface area contributed by atoms with Crippen LogP contribution in [0.2, 0.25) is 0 Å². The van der Waals surface area contributed by atoms with E-state index in [0.29, 0.717) is 5.76 Å². The molecular weight excluding hydrogens is 356 g/mol. The van der Waals surface area contributed by atoms with Crippen molar-refractivity contribution in [2.45, 2.75) is 19.8 Å². The number of amides is 1.